The molecule has 0 spiro atoms. The average molecular weight is 443 g/mol. The number of hydrogen-bond acceptors (Lipinski definition) is 5. The molecule has 1 saturated heterocycles. The summed E-state index contributed by atoms with van der Waals surface area (Å²) in [7, 11) is 1.61. The fourth-order valence-electron chi connectivity index (χ4n) is 4.49. The van der Waals surface area contributed by atoms with E-state index in [4.69, 9.17) is 9.26 Å². The molecule has 1 N–H and O–H groups in total. The number of nitrogens with one attached hydrogen (secondary N) is 1. The molecule has 5 rings (SSSR count). The molecular formula is C26H26N4O3. The predicted octanol–water partition coefficient (Wildman–Crippen LogP) is 5.51. The minimum atomic E-state index is -0.418. The highest BCUT2D eigenvalue weighted by Crippen LogP contribution is 2.36. The normalized spacial score (nSPS) is 16.7. The second kappa shape index (κ2) is 8.94. The Bertz CT molecular complexity index is 1280. The summed E-state index contributed by atoms with van der Waals surface area (Å²) in [5.74, 6) is 1.54. The van der Waals surface area contributed by atoms with E-state index in [1.54, 1.807) is 7.11 Å². The van der Waals surface area contributed by atoms with Crippen molar-refractivity contribution in [1.29, 1.82) is 0 Å². The maximum atomic E-state index is 13.2. The summed E-state index contributed by atoms with van der Waals surface area (Å²) in [6, 6.07) is 21.6. The van der Waals surface area contributed by atoms with Crippen molar-refractivity contribution >= 4 is 16.8 Å². The minimum Gasteiger partial charge on any atom is -0.497 e. The first-order valence-corrected chi connectivity index (χ1v) is 11.2. The van der Waals surface area contributed by atoms with Gasteiger partial charge in [0.05, 0.1) is 13.2 Å². The van der Waals surface area contributed by atoms with E-state index in [-0.39, 0.29) is 12.1 Å². The summed E-state index contributed by atoms with van der Waals surface area (Å²) < 4.78 is 10.7. The Balaban J connectivity index is 1.32. The molecule has 2 unspecified atom stereocenters. The summed E-state index contributed by atoms with van der Waals surface area (Å²) >= 11 is 0. The van der Waals surface area contributed by atoms with E-state index in [9.17, 15) is 4.79 Å². The molecule has 7 heteroatoms. The Labute approximate surface area is 192 Å². The highest BCUT2D eigenvalue weighted by Gasteiger charge is 2.32. The molecule has 0 saturated carbocycles. The van der Waals surface area contributed by atoms with Crippen LogP contribution in [-0.2, 0) is 0 Å². The van der Waals surface area contributed by atoms with Crippen LogP contribution in [0.25, 0.3) is 22.2 Å². The average Bonchev–Trinajstić information content (AvgIpc) is 3.54. The van der Waals surface area contributed by atoms with Gasteiger partial charge in [0.25, 0.3) is 0 Å². The van der Waals surface area contributed by atoms with Crippen LogP contribution in [-0.4, -0.2) is 34.7 Å². The van der Waals surface area contributed by atoms with Crippen LogP contribution in [0.3, 0.4) is 0 Å². The molecule has 33 heavy (non-hydrogen) atoms. The highest BCUT2D eigenvalue weighted by molar-refractivity contribution is 5.87. The number of benzene rings is 3. The molecule has 4 aromatic rings. The molecule has 3 aromatic carbocycles. The van der Waals surface area contributed by atoms with Gasteiger partial charge in [-0.05, 0) is 48.2 Å². The van der Waals surface area contributed by atoms with Gasteiger partial charge >= 0.3 is 6.03 Å². The summed E-state index contributed by atoms with van der Waals surface area (Å²) in [4.78, 5) is 19.6. The second-order valence-corrected chi connectivity index (χ2v) is 8.28. The Kier molecular flexibility index (Phi) is 5.69. The molecule has 2 heterocycles. The predicted molar refractivity (Wildman–Crippen MR) is 126 cm³/mol. The van der Waals surface area contributed by atoms with E-state index in [1.165, 1.54) is 16.3 Å². The van der Waals surface area contributed by atoms with Crippen LogP contribution in [0.1, 0.15) is 43.3 Å². The number of nitrogens with zero attached hydrogens (tertiary/aromatic N) is 3. The molecule has 2 atom stereocenters. The van der Waals surface area contributed by atoms with Crippen LogP contribution in [0.5, 0.6) is 5.75 Å². The van der Waals surface area contributed by atoms with Gasteiger partial charge in [-0.3, -0.25) is 0 Å². The van der Waals surface area contributed by atoms with Crippen LogP contribution in [0.4, 0.5) is 4.79 Å². The number of ether oxygens (including phenoxy) is 1. The smallest absolute Gasteiger partial charge is 0.318 e. The second-order valence-electron chi connectivity index (χ2n) is 8.28. The lowest BCUT2D eigenvalue weighted by Gasteiger charge is -2.27. The molecule has 1 aliphatic heterocycles. The number of amides is 2. The SMILES string of the molecule is COc1cccc(-c2noc(C(C)NC(=O)N3CCCC3c3cccc4ccccc34)n2)c1. The van der Waals surface area contributed by atoms with Gasteiger partial charge in [-0.1, -0.05) is 59.8 Å². The topological polar surface area (TPSA) is 80.5 Å². The quantitative estimate of drug-likeness (QED) is 0.441. The van der Waals surface area contributed by atoms with Crippen molar-refractivity contribution in [3.05, 3.63) is 78.2 Å². The number of fused-ring (bicyclic) bond motifs is 1. The van der Waals surface area contributed by atoms with Gasteiger partial charge in [0.15, 0.2) is 0 Å². The molecule has 1 aromatic heterocycles. The van der Waals surface area contributed by atoms with E-state index in [2.05, 4.69) is 45.8 Å². The maximum absolute atomic E-state index is 13.2. The third kappa shape index (κ3) is 4.14. The Hall–Kier alpha value is -3.87. The number of likely N-dealkylation sites (tertiary alicyclic amines) is 1. The lowest BCUT2D eigenvalue weighted by atomic mass is 9.97. The number of carbonyl (C=O) groups is 1. The van der Waals surface area contributed by atoms with Crippen LogP contribution in [0, 0.1) is 0 Å². The third-order valence-corrected chi connectivity index (χ3v) is 6.18. The molecule has 1 fully saturated rings. The van der Waals surface area contributed by atoms with Crippen molar-refractivity contribution in [2.24, 2.45) is 0 Å². The maximum Gasteiger partial charge on any atom is 0.318 e. The molecular weight excluding hydrogens is 416 g/mol. The van der Waals surface area contributed by atoms with E-state index < -0.39 is 6.04 Å². The van der Waals surface area contributed by atoms with Crippen molar-refractivity contribution < 1.29 is 14.1 Å². The lowest BCUT2D eigenvalue weighted by Crippen LogP contribution is -2.40. The molecule has 168 valence electrons. The first-order chi connectivity index (χ1) is 16.1. The van der Waals surface area contributed by atoms with E-state index in [1.807, 2.05) is 48.2 Å². The fraction of sp³-hybridized carbons (Fsp3) is 0.269. The molecule has 2 amide bonds. The van der Waals surface area contributed by atoms with E-state index in [0.29, 0.717) is 24.0 Å². The standard InChI is InChI=1S/C26H26N4O3/c1-17(25-28-24(29-33-25)19-10-5-11-20(16-19)32-2)27-26(31)30-15-7-14-23(30)22-13-6-9-18-8-3-4-12-21(18)22/h3-6,8-13,16-17,23H,7,14-15H2,1-2H3,(H,27,31). The van der Waals surface area contributed by atoms with E-state index >= 15 is 0 Å². The molecule has 0 aliphatic carbocycles. The first kappa shape index (κ1) is 21.0. The van der Waals surface area contributed by atoms with Gasteiger partial charge in [-0.25, -0.2) is 4.79 Å². The zero-order valence-electron chi connectivity index (χ0n) is 18.7. The Morgan fingerprint density at radius 3 is 2.85 bits per heavy atom. The van der Waals surface area contributed by atoms with Gasteiger partial charge in [0, 0.05) is 12.1 Å². The van der Waals surface area contributed by atoms with Gasteiger partial charge in [0.1, 0.15) is 11.8 Å². The van der Waals surface area contributed by atoms with Crippen LogP contribution in [0.2, 0.25) is 0 Å². The number of aromatic nitrogens is 2. The van der Waals surface area contributed by atoms with Crippen molar-refractivity contribution in [1.82, 2.24) is 20.4 Å². The first-order valence-electron chi connectivity index (χ1n) is 11.2. The van der Waals surface area contributed by atoms with Crippen LogP contribution < -0.4 is 10.1 Å². The van der Waals surface area contributed by atoms with Crippen molar-refractivity contribution in [2.45, 2.75) is 31.8 Å². The molecule has 0 radical (unpaired) electrons. The summed E-state index contributed by atoms with van der Waals surface area (Å²) in [6.45, 7) is 2.56. The molecule has 7 nitrogen and oxygen atoms in total. The highest BCUT2D eigenvalue weighted by atomic mass is 16.5. The van der Waals surface area contributed by atoms with Gasteiger partial charge in [-0.15, -0.1) is 0 Å². The number of carbonyl (C=O) groups excluding carboxylic acids is 1. The summed E-state index contributed by atoms with van der Waals surface area (Å²) in [6.07, 6.45) is 1.91. The molecule has 0 bridgehead atoms. The summed E-state index contributed by atoms with van der Waals surface area (Å²) in [5, 5.41) is 9.50. The third-order valence-electron chi connectivity index (χ3n) is 6.18. The van der Waals surface area contributed by atoms with Crippen molar-refractivity contribution in [3.8, 4) is 17.1 Å². The zero-order valence-corrected chi connectivity index (χ0v) is 18.7. The summed E-state index contributed by atoms with van der Waals surface area (Å²) in [5.41, 5.74) is 1.98. The monoisotopic (exact) mass is 442 g/mol. The fourth-order valence-corrected chi connectivity index (χ4v) is 4.49. The number of methoxy groups -OCH3 is 1. The van der Waals surface area contributed by atoms with Crippen LogP contribution in [0.15, 0.2) is 71.3 Å². The van der Waals surface area contributed by atoms with Gasteiger partial charge < -0.3 is 19.5 Å². The number of rotatable bonds is 5. The van der Waals surface area contributed by atoms with Crippen LogP contribution >= 0.6 is 0 Å². The van der Waals surface area contributed by atoms with Gasteiger partial charge in [-0.2, -0.15) is 4.98 Å². The lowest BCUT2D eigenvalue weighted by molar-refractivity contribution is 0.187. The number of urea groups is 1. The largest absolute Gasteiger partial charge is 0.497 e. The molecule has 1 aliphatic rings. The Morgan fingerprint density at radius 1 is 1.15 bits per heavy atom. The van der Waals surface area contributed by atoms with Crippen molar-refractivity contribution in [3.63, 3.8) is 0 Å². The van der Waals surface area contributed by atoms with Gasteiger partial charge in [0.2, 0.25) is 11.7 Å². The Morgan fingerprint density at radius 2 is 1.97 bits per heavy atom. The number of hydrogen-bond donors (Lipinski definition) is 1. The van der Waals surface area contributed by atoms with Crippen molar-refractivity contribution in [2.75, 3.05) is 13.7 Å². The zero-order chi connectivity index (χ0) is 22.8. The van der Waals surface area contributed by atoms with E-state index in [0.717, 1.165) is 18.4 Å². The minimum absolute atomic E-state index is 0.0401.